The number of nitrogens with one attached hydrogen (secondary N) is 1. The van der Waals surface area contributed by atoms with Crippen molar-refractivity contribution in [1.29, 1.82) is 0 Å². The number of esters is 1. The summed E-state index contributed by atoms with van der Waals surface area (Å²) in [5.41, 5.74) is 4.18. The molecule has 0 aliphatic heterocycles. The van der Waals surface area contributed by atoms with Crippen molar-refractivity contribution in [1.82, 2.24) is 9.55 Å². The Labute approximate surface area is 204 Å². The van der Waals surface area contributed by atoms with Crippen LogP contribution in [0.15, 0.2) is 72.8 Å². The summed E-state index contributed by atoms with van der Waals surface area (Å²) >= 11 is 0. The lowest BCUT2D eigenvalue weighted by Crippen LogP contribution is -2.09. The Morgan fingerprint density at radius 2 is 1.66 bits per heavy atom. The number of ether oxygens (including phenoxy) is 2. The van der Waals surface area contributed by atoms with Gasteiger partial charge in [0.25, 0.3) is 0 Å². The fourth-order valence-corrected chi connectivity index (χ4v) is 3.96. The lowest BCUT2D eigenvalue weighted by Gasteiger charge is -2.14. The number of amides is 1. The smallest absolute Gasteiger partial charge is 0.305 e. The minimum absolute atomic E-state index is 0.182. The number of anilines is 1. The second kappa shape index (κ2) is 11.3. The number of rotatable bonds is 10. The number of hydrogen-bond acceptors (Lipinski definition) is 5. The van der Waals surface area contributed by atoms with Gasteiger partial charge in [-0.2, -0.15) is 0 Å². The molecule has 0 saturated carbocycles. The second-order valence-electron chi connectivity index (χ2n) is 8.23. The van der Waals surface area contributed by atoms with E-state index in [0.717, 1.165) is 47.4 Å². The predicted molar refractivity (Wildman–Crippen MR) is 137 cm³/mol. The zero-order valence-electron chi connectivity index (χ0n) is 20.0. The van der Waals surface area contributed by atoms with Crippen LogP contribution >= 0.6 is 0 Å². The van der Waals surface area contributed by atoms with Gasteiger partial charge in [-0.05, 0) is 37.5 Å². The van der Waals surface area contributed by atoms with Gasteiger partial charge < -0.3 is 14.8 Å². The molecule has 1 heterocycles. The van der Waals surface area contributed by atoms with E-state index in [1.807, 2.05) is 72.8 Å². The summed E-state index contributed by atoms with van der Waals surface area (Å²) in [6.07, 6.45) is 2.77. The highest BCUT2D eigenvalue weighted by atomic mass is 16.5. The molecule has 0 unspecified atom stereocenters. The molecule has 0 spiro atoms. The van der Waals surface area contributed by atoms with Crippen LogP contribution in [-0.2, 0) is 14.3 Å². The molecule has 0 saturated heterocycles. The summed E-state index contributed by atoms with van der Waals surface area (Å²) in [6.45, 7) is 1.93. The summed E-state index contributed by atoms with van der Waals surface area (Å²) in [7, 11) is 1.40. The number of hydrogen-bond donors (Lipinski definition) is 1. The number of methoxy groups -OCH3 is 1. The van der Waals surface area contributed by atoms with Crippen molar-refractivity contribution in [3.05, 3.63) is 72.8 Å². The van der Waals surface area contributed by atoms with Gasteiger partial charge in [0, 0.05) is 30.7 Å². The SMILES string of the molecule is COC(=O)CCCCCOc1cc2c(cc1NC(C)=O)nc(-c1ccccc1)n2-c1ccccc1. The summed E-state index contributed by atoms with van der Waals surface area (Å²) in [4.78, 5) is 28.1. The first-order valence-corrected chi connectivity index (χ1v) is 11.7. The number of unbranched alkanes of at least 4 members (excludes halogenated alkanes) is 2. The van der Waals surface area contributed by atoms with Gasteiger partial charge in [-0.3, -0.25) is 14.2 Å². The number of fused-ring (bicyclic) bond motifs is 1. The zero-order valence-corrected chi connectivity index (χ0v) is 20.0. The van der Waals surface area contributed by atoms with E-state index in [2.05, 4.69) is 14.6 Å². The normalized spacial score (nSPS) is 10.8. The van der Waals surface area contributed by atoms with Gasteiger partial charge in [0.05, 0.1) is 30.4 Å². The molecule has 35 heavy (non-hydrogen) atoms. The molecule has 4 rings (SSSR count). The third-order valence-corrected chi connectivity index (χ3v) is 5.62. The standard InChI is InChI=1S/C28H29N3O4/c1-20(32)29-24-18-23-25(19-26(24)35-17-11-5-10-16-27(33)34-2)31(22-14-8-4-9-15-22)28(30-23)21-12-6-3-7-13-21/h3-4,6-9,12-15,18-19H,5,10-11,16-17H2,1-2H3,(H,29,32). The molecular weight excluding hydrogens is 442 g/mol. The van der Waals surface area contributed by atoms with Crippen LogP contribution in [0.5, 0.6) is 5.75 Å². The molecule has 0 radical (unpaired) electrons. The average Bonchev–Trinajstić information content (AvgIpc) is 3.24. The number of carbonyl (C=O) groups excluding carboxylic acids is 2. The monoisotopic (exact) mass is 471 g/mol. The van der Waals surface area contributed by atoms with Crippen molar-refractivity contribution < 1.29 is 19.1 Å². The van der Waals surface area contributed by atoms with E-state index < -0.39 is 0 Å². The first kappa shape index (κ1) is 24.0. The van der Waals surface area contributed by atoms with Crippen LogP contribution < -0.4 is 10.1 Å². The van der Waals surface area contributed by atoms with E-state index in [4.69, 9.17) is 9.72 Å². The molecule has 180 valence electrons. The van der Waals surface area contributed by atoms with Gasteiger partial charge >= 0.3 is 5.97 Å². The van der Waals surface area contributed by atoms with Gasteiger partial charge in [-0.25, -0.2) is 4.98 Å². The molecule has 7 heteroatoms. The molecule has 4 aromatic rings. The van der Waals surface area contributed by atoms with Crippen molar-refractivity contribution in [3.63, 3.8) is 0 Å². The van der Waals surface area contributed by atoms with Crippen LogP contribution in [0.2, 0.25) is 0 Å². The highest BCUT2D eigenvalue weighted by Gasteiger charge is 2.18. The molecule has 0 atom stereocenters. The quantitative estimate of drug-likeness (QED) is 0.235. The van der Waals surface area contributed by atoms with Crippen LogP contribution in [0.3, 0.4) is 0 Å². The first-order chi connectivity index (χ1) is 17.1. The van der Waals surface area contributed by atoms with Crippen molar-refractivity contribution in [2.45, 2.75) is 32.6 Å². The number of aromatic nitrogens is 2. The molecular formula is C28H29N3O4. The van der Waals surface area contributed by atoms with Crippen LogP contribution in [0, 0.1) is 0 Å². The maximum absolute atomic E-state index is 11.9. The largest absolute Gasteiger partial charge is 0.491 e. The second-order valence-corrected chi connectivity index (χ2v) is 8.23. The molecule has 0 aliphatic rings. The molecule has 0 bridgehead atoms. The number of imidazole rings is 1. The molecule has 1 amide bonds. The summed E-state index contributed by atoms with van der Waals surface area (Å²) in [5, 5.41) is 2.87. The molecule has 3 aromatic carbocycles. The van der Waals surface area contributed by atoms with Crippen LogP contribution in [-0.4, -0.2) is 35.1 Å². The lowest BCUT2D eigenvalue weighted by atomic mass is 10.2. The van der Waals surface area contributed by atoms with E-state index in [-0.39, 0.29) is 11.9 Å². The van der Waals surface area contributed by atoms with Crippen molar-refractivity contribution in [2.75, 3.05) is 19.0 Å². The number of nitrogens with zero attached hydrogens (tertiary/aromatic N) is 2. The van der Waals surface area contributed by atoms with Gasteiger partial charge in [-0.15, -0.1) is 0 Å². The summed E-state index contributed by atoms with van der Waals surface area (Å²) in [5.74, 6) is 1.00. The van der Waals surface area contributed by atoms with Gasteiger partial charge in [0.1, 0.15) is 11.6 Å². The first-order valence-electron chi connectivity index (χ1n) is 11.7. The third-order valence-electron chi connectivity index (χ3n) is 5.62. The highest BCUT2D eigenvalue weighted by molar-refractivity contribution is 5.95. The van der Waals surface area contributed by atoms with Gasteiger partial charge in [-0.1, -0.05) is 48.5 Å². The minimum atomic E-state index is -0.201. The molecule has 0 fully saturated rings. The number of carbonyl (C=O) groups is 2. The predicted octanol–water partition coefficient (Wildman–Crippen LogP) is 5.76. The van der Waals surface area contributed by atoms with E-state index in [1.165, 1.54) is 14.0 Å². The van der Waals surface area contributed by atoms with Crippen LogP contribution in [0.1, 0.15) is 32.6 Å². The number of para-hydroxylation sites is 1. The minimum Gasteiger partial charge on any atom is -0.491 e. The molecule has 7 nitrogen and oxygen atoms in total. The maximum atomic E-state index is 11.9. The third kappa shape index (κ3) is 5.87. The van der Waals surface area contributed by atoms with Crippen molar-refractivity contribution in [3.8, 4) is 22.8 Å². The zero-order chi connectivity index (χ0) is 24.6. The Hall–Kier alpha value is -4.13. The summed E-state index contributed by atoms with van der Waals surface area (Å²) < 4.78 is 12.9. The summed E-state index contributed by atoms with van der Waals surface area (Å²) in [6, 6.07) is 23.8. The Balaban J connectivity index is 1.69. The van der Waals surface area contributed by atoms with Crippen molar-refractivity contribution in [2.24, 2.45) is 0 Å². The lowest BCUT2D eigenvalue weighted by molar-refractivity contribution is -0.140. The topological polar surface area (TPSA) is 82.4 Å². The Bertz CT molecular complexity index is 1300. The Morgan fingerprint density at radius 3 is 2.34 bits per heavy atom. The Morgan fingerprint density at radius 1 is 0.943 bits per heavy atom. The fraction of sp³-hybridized carbons (Fsp3) is 0.250. The van der Waals surface area contributed by atoms with E-state index >= 15 is 0 Å². The van der Waals surface area contributed by atoms with Crippen LogP contribution in [0.25, 0.3) is 28.1 Å². The Kier molecular flexibility index (Phi) is 7.77. The maximum Gasteiger partial charge on any atom is 0.305 e. The van der Waals surface area contributed by atoms with Crippen LogP contribution in [0.4, 0.5) is 5.69 Å². The molecule has 1 aromatic heterocycles. The average molecular weight is 472 g/mol. The van der Waals surface area contributed by atoms with E-state index in [0.29, 0.717) is 24.5 Å². The highest BCUT2D eigenvalue weighted by Crippen LogP contribution is 2.35. The fourth-order valence-electron chi connectivity index (χ4n) is 3.96. The molecule has 0 aliphatic carbocycles. The number of benzene rings is 3. The van der Waals surface area contributed by atoms with Gasteiger partial charge in [0.15, 0.2) is 0 Å². The van der Waals surface area contributed by atoms with Crippen molar-refractivity contribution >= 4 is 28.6 Å². The van der Waals surface area contributed by atoms with Gasteiger partial charge in [0.2, 0.25) is 5.91 Å². The van der Waals surface area contributed by atoms with E-state index in [1.54, 1.807) is 0 Å². The van der Waals surface area contributed by atoms with E-state index in [9.17, 15) is 9.59 Å². The molecule has 1 N–H and O–H groups in total.